The van der Waals surface area contributed by atoms with Crippen LogP contribution in [0.4, 0.5) is 0 Å². The third-order valence-electron chi connectivity index (χ3n) is 5.24. The number of para-hydroxylation sites is 1. The van der Waals surface area contributed by atoms with E-state index in [0.29, 0.717) is 5.75 Å². The van der Waals surface area contributed by atoms with E-state index in [4.69, 9.17) is 0 Å². The summed E-state index contributed by atoms with van der Waals surface area (Å²) in [6, 6.07) is 10.2. The number of aromatic amines is 1. The maximum atomic E-state index is 10.3. The van der Waals surface area contributed by atoms with Gasteiger partial charge in [0.2, 0.25) is 0 Å². The SMILES string of the molecule is CC[C@H](C)CCCCc1c(C)c(O)cc2c1[nH]c1ccccc12. The molecule has 0 bridgehead atoms. The van der Waals surface area contributed by atoms with E-state index in [2.05, 4.69) is 43.1 Å². The molecule has 0 unspecified atom stereocenters. The Kier molecular flexibility index (Phi) is 4.61. The zero-order valence-electron chi connectivity index (χ0n) is 14.4. The molecule has 3 aromatic rings. The Balaban J connectivity index is 1.93. The van der Waals surface area contributed by atoms with E-state index in [1.807, 2.05) is 13.0 Å². The number of rotatable bonds is 6. The lowest BCUT2D eigenvalue weighted by atomic mass is 9.95. The Labute approximate surface area is 138 Å². The maximum Gasteiger partial charge on any atom is 0.119 e. The van der Waals surface area contributed by atoms with E-state index in [1.165, 1.54) is 42.1 Å². The second kappa shape index (κ2) is 6.66. The molecule has 122 valence electrons. The normalized spacial score (nSPS) is 13.0. The van der Waals surface area contributed by atoms with Crippen LogP contribution in [-0.4, -0.2) is 10.1 Å². The number of fused-ring (bicyclic) bond motifs is 3. The molecule has 0 aliphatic rings. The predicted octanol–water partition coefficient (Wildman–Crippen LogP) is 6.09. The molecule has 0 aliphatic carbocycles. The summed E-state index contributed by atoms with van der Waals surface area (Å²) >= 11 is 0. The van der Waals surface area contributed by atoms with Gasteiger partial charge in [-0.3, -0.25) is 0 Å². The van der Waals surface area contributed by atoms with Crippen molar-refractivity contribution in [2.24, 2.45) is 5.92 Å². The van der Waals surface area contributed by atoms with Gasteiger partial charge in [-0.05, 0) is 48.9 Å². The fourth-order valence-corrected chi connectivity index (χ4v) is 3.45. The molecule has 2 N–H and O–H groups in total. The van der Waals surface area contributed by atoms with Crippen LogP contribution in [-0.2, 0) is 6.42 Å². The molecule has 3 rings (SSSR count). The Morgan fingerprint density at radius 1 is 1.13 bits per heavy atom. The number of hydrogen-bond donors (Lipinski definition) is 2. The van der Waals surface area contributed by atoms with E-state index in [-0.39, 0.29) is 0 Å². The number of unbranched alkanes of at least 4 members (excludes halogenated alkanes) is 1. The van der Waals surface area contributed by atoms with Crippen LogP contribution in [0.3, 0.4) is 0 Å². The van der Waals surface area contributed by atoms with Gasteiger partial charge >= 0.3 is 0 Å². The number of hydrogen-bond acceptors (Lipinski definition) is 1. The first-order valence-electron chi connectivity index (χ1n) is 8.83. The summed E-state index contributed by atoms with van der Waals surface area (Å²) < 4.78 is 0. The monoisotopic (exact) mass is 309 g/mol. The lowest BCUT2D eigenvalue weighted by Crippen LogP contribution is -1.96. The minimum absolute atomic E-state index is 0.416. The van der Waals surface area contributed by atoms with Gasteiger partial charge in [0.15, 0.2) is 0 Å². The third kappa shape index (κ3) is 3.08. The van der Waals surface area contributed by atoms with E-state index in [0.717, 1.165) is 28.8 Å². The van der Waals surface area contributed by atoms with Crippen LogP contribution in [0.15, 0.2) is 30.3 Å². The summed E-state index contributed by atoms with van der Waals surface area (Å²) in [5.74, 6) is 1.23. The smallest absolute Gasteiger partial charge is 0.119 e. The Hall–Kier alpha value is -1.96. The van der Waals surface area contributed by atoms with Gasteiger partial charge in [-0.2, -0.15) is 0 Å². The second-order valence-electron chi connectivity index (χ2n) is 6.85. The van der Waals surface area contributed by atoms with Crippen molar-refractivity contribution in [2.45, 2.75) is 52.9 Å². The van der Waals surface area contributed by atoms with Crippen LogP contribution in [0.1, 0.15) is 50.7 Å². The minimum Gasteiger partial charge on any atom is -0.508 e. The number of aromatic nitrogens is 1. The lowest BCUT2D eigenvalue weighted by Gasteiger charge is -2.11. The van der Waals surface area contributed by atoms with Crippen LogP contribution in [0, 0.1) is 12.8 Å². The van der Waals surface area contributed by atoms with Crippen LogP contribution < -0.4 is 0 Å². The Bertz CT molecular complexity index is 815. The average molecular weight is 309 g/mol. The van der Waals surface area contributed by atoms with E-state index >= 15 is 0 Å². The average Bonchev–Trinajstić information content (AvgIpc) is 2.92. The molecule has 0 amide bonds. The lowest BCUT2D eigenvalue weighted by molar-refractivity contribution is 0.469. The molecule has 2 nitrogen and oxygen atoms in total. The number of nitrogens with one attached hydrogen (secondary N) is 1. The zero-order chi connectivity index (χ0) is 16.4. The molecule has 0 fully saturated rings. The highest BCUT2D eigenvalue weighted by atomic mass is 16.3. The largest absolute Gasteiger partial charge is 0.508 e. The highest BCUT2D eigenvalue weighted by Crippen LogP contribution is 2.35. The highest BCUT2D eigenvalue weighted by molar-refractivity contribution is 6.09. The van der Waals surface area contributed by atoms with Crippen molar-refractivity contribution in [3.63, 3.8) is 0 Å². The molecule has 0 spiro atoms. The van der Waals surface area contributed by atoms with Crippen molar-refractivity contribution >= 4 is 21.8 Å². The number of benzene rings is 2. The fourth-order valence-electron chi connectivity index (χ4n) is 3.45. The van der Waals surface area contributed by atoms with Crippen molar-refractivity contribution in [1.82, 2.24) is 4.98 Å². The molecule has 1 atom stereocenters. The topological polar surface area (TPSA) is 36.0 Å². The molecule has 23 heavy (non-hydrogen) atoms. The quantitative estimate of drug-likeness (QED) is 0.531. The van der Waals surface area contributed by atoms with Gasteiger partial charge in [0.1, 0.15) is 5.75 Å². The number of phenolic OH excluding ortho intramolecular Hbond substituents is 1. The third-order valence-corrected chi connectivity index (χ3v) is 5.24. The summed E-state index contributed by atoms with van der Waals surface area (Å²) in [4.78, 5) is 3.56. The molecule has 0 saturated carbocycles. The minimum atomic E-state index is 0.416. The molecule has 0 aliphatic heterocycles. The number of aromatic hydroxyl groups is 1. The second-order valence-corrected chi connectivity index (χ2v) is 6.85. The Morgan fingerprint density at radius 3 is 2.70 bits per heavy atom. The molecular formula is C21H27NO. The molecule has 1 aromatic heterocycles. The first kappa shape index (κ1) is 15.9. The first-order valence-corrected chi connectivity index (χ1v) is 8.83. The van der Waals surface area contributed by atoms with E-state index < -0.39 is 0 Å². The van der Waals surface area contributed by atoms with Crippen LogP contribution in [0.5, 0.6) is 5.75 Å². The van der Waals surface area contributed by atoms with E-state index in [9.17, 15) is 5.11 Å². The number of H-pyrrole nitrogens is 1. The summed E-state index contributed by atoms with van der Waals surface area (Å²) in [7, 11) is 0. The van der Waals surface area contributed by atoms with Gasteiger partial charge < -0.3 is 10.1 Å². The summed E-state index contributed by atoms with van der Waals surface area (Å²) in [6.07, 6.45) is 6.02. The number of aryl methyl sites for hydroxylation is 1. The van der Waals surface area contributed by atoms with Crippen molar-refractivity contribution in [3.8, 4) is 5.75 Å². The standard InChI is InChI=1S/C21H27NO/c1-4-14(2)9-5-6-10-16-15(3)20(23)13-18-17-11-7-8-12-19(17)22-21(16)18/h7-8,11-14,22-23H,4-6,9-10H2,1-3H3/t14-/m0/s1. The number of phenols is 1. The first-order chi connectivity index (χ1) is 11.1. The summed E-state index contributed by atoms with van der Waals surface area (Å²) in [6.45, 7) is 6.62. The Morgan fingerprint density at radius 2 is 1.91 bits per heavy atom. The van der Waals surface area contributed by atoms with Gasteiger partial charge in [0, 0.05) is 16.3 Å². The van der Waals surface area contributed by atoms with Gasteiger partial charge in [-0.15, -0.1) is 0 Å². The fraction of sp³-hybridized carbons (Fsp3) is 0.429. The van der Waals surface area contributed by atoms with Crippen LogP contribution in [0.2, 0.25) is 0 Å². The summed E-state index contributed by atoms with van der Waals surface area (Å²) in [5, 5.41) is 12.7. The molecule has 1 heterocycles. The van der Waals surface area contributed by atoms with Crippen molar-refractivity contribution in [3.05, 3.63) is 41.5 Å². The van der Waals surface area contributed by atoms with Gasteiger partial charge in [0.25, 0.3) is 0 Å². The van der Waals surface area contributed by atoms with E-state index in [1.54, 1.807) is 0 Å². The molecule has 0 radical (unpaired) electrons. The van der Waals surface area contributed by atoms with Crippen molar-refractivity contribution in [1.29, 1.82) is 0 Å². The van der Waals surface area contributed by atoms with Crippen molar-refractivity contribution < 1.29 is 5.11 Å². The summed E-state index contributed by atoms with van der Waals surface area (Å²) in [5.41, 5.74) is 4.64. The zero-order valence-corrected chi connectivity index (χ0v) is 14.4. The van der Waals surface area contributed by atoms with Crippen molar-refractivity contribution in [2.75, 3.05) is 0 Å². The van der Waals surface area contributed by atoms with Gasteiger partial charge in [0.05, 0.1) is 5.52 Å². The highest BCUT2D eigenvalue weighted by Gasteiger charge is 2.14. The predicted molar refractivity (Wildman–Crippen MR) is 99.2 cm³/mol. The maximum absolute atomic E-state index is 10.3. The van der Waals surface area contributed by atoms with Gasteiger partial charge in [-0.1, -0.05) is 51.3 Å². The molecule has 2 aromatic carbocycles. The van der Waals surface area contributed by atoms with Gasteiger partial charge in [-0.25, -0.2) is 0 Å². The molecule has 2 heteroatoms. The molecule has 0 saturated heterocycles. The van der Waals surface area contributed by atoms with Crippen LogP contribution >= 0.6 is 0 Å². The molecular weight excluding hydrogens is 282 g/mol. The van der Waals surface area contributed by atoms with Crippen LogP contribution in [0.25, 0.3) is 21.8 Å².